The number of aromatic nitrogens is 4. The molecule has 0 fully saturated rings. The van der Waals surface area contributed by atoms with Gasteiger partial charge >= 0.3 is 0 Å². The summed E-state index contributed by atoms with van der Waals surface area (Å²) in [5, 5.41) is 24.6. The molecule has 1 amide bonds. The van der Waals surface area contributed by atoms with E-state index in [0.717, 1.165) is 5.56 Å². The lowest BCUT2D eigenvalue weighted by molar-refractivity contribution is -0.114. The molecule has 3 N–H and O–H groups in total. The van der Waals surface area contributed by atoms with Crippen LogP contribution in [0.15, 0.2) is 67.0 Å². The number of rotatable bonds is 6. The summed E-state index contributed by atoms with van der Waals surface area (Å²) < 4.78 is 1.64. The second kappa shape index (κ2) is 8.80. The van der Waals surface area contributed by atoms with E-state index < -0.39 is 5.91 Å². The molecule has 2 heterocycles. The zero-order chi connectivity index (χ0) is 23.5. The number of aryl methyl sites for hydroxylation is 1. The van der Waals surface area contributed by atoms with Gasteiger partial charge < -0.3 is 15.7 Å². The largest absolute Gasteiger partial charge is 0.508 e. The quantitative estimate of drug-likeness (QED) is 0.348. The first-order valence-corrected chi connectivity index (χ1v) is 10.1. The summed E-state index contributed by atoms with van der Waals surface area (Å²) in [6.07, 6.45) is 1.35. The third-order valence-electron chi connectivity index (χ3n) is 5.28. The Kier molecular flexibility index (Phi) is 5.74. The van der Waals surface area contributed by atoms with Gasteiger partial charge in [-0.05, 0) is 30.7 Å². The summed E-state index contributed by atoms with van der Waals surface area (Å²) in [6.45, 7) is 5.84. The van der Waals surface area contributed by atoms with E-state index in [-0.39, 0.29) is 30.2 Å². The van der Waals surface area contributed by atoms with Gasteiger partial charge in [-0.3, -0.25) is 4.79 Å². The number of hydrogen-bond donors (Lipinski definition) is 2. The van der Waals surface area contributed by atoms with E-state index in [1.165, 1.54) is 11.2 Å². The Morgan fingerprint density at radius 2 is 2.00 bits per heavy atom. The minimum absolute atomic E-state index is 0.140. The lowest BCUT2D eigenvalue weighted by atomic mass is 10.1. The fraction of sp³-hybridized carbons (Fsp3) is 0.125. The van der Waals surface area contributed by atoms with Crippen molar-refractivity contribution in [3.63, 3.8) is 0 Å². The summed E-state index contributed by atoms with van der Waals surface area (Å²) >= 11 is 0. The Labute approximate surface area is 190 Å². The number of nitriles is 1. The number of benzene rings is 2. The number of aromatic hydroxyl groups is 1. The van der Waals surface area contributed by atoms with Gasteiger partial charge in [0, 0.05) is 17.8 Å². The van der Waals surface area contributed by atoms with Crippen molar-refractivity contribution in [1.29, 1.82) is 5.26 Å². The predicted octanol–water partition coefficient (Wildman–Crippen LogP) is 3.20. The number of para-hydroxylation sites is 1. The van der Waals surface area contributed by atoms with E-state index in [4.69, 9.17) is 11.0 Å². The average Bonchev–Trinajstić information content (AvgIpc) is 3.21. The van der Waals surface area contributed by atoms with Gasteiger partial charge in [-0.1, -0.05) is 36.9 Å². The Morgan fingerprint density at radius 3 is 2.70 bits per heavy atom. The SMILES string of the molecule is C=C(C#N)C(=O)N(CCn1nc(-c2ccc(C)c(O)c2)c2c(N)ncnc21)c1ccccc1. The summed E-state index contributed by atoms with van der Waals surface area (Å²) in [7, 11) is 0. The van der Waals surface area contributed by atoms with Gasteiger partial charge in [0.1, 0.15) is 35.2 Å². The summed E-state index contributed by atoms with van der Waals surface area (Å²) in [5.74, 6) is -0.0883. The molecular formula is C24H21N7O2. The van der Waals surface area contributed by atoms with Gasteiger partial charge in [-0.25, -0.2) is 14.6 Å². The first kappa shape index (κ1) is 21.5. The average molecular weight is 439 g/mol. The summed E-state index contributed by atoms with van der Waals surface area (Å²) in [4.78, 5) is 22.7. The molecule has 0 radical (unpaired) electrons. The molecule has 0 saturated heterocycles. The van der Waals surface area contributed by atoms with Crippen molar-refractivity contribution in [1.82, 2.24) is 19.7 Å². The van der Waals surface area contributed by atoms with Gasteiger partial charge in [0.2, 0.25) is 0 Å². The minimum atomic E-state index is -0.488. The van der Waals surface area contributed by atoms with Crippen LogP contribution in [0.5, 0.6) is 5.75 Å². The number of carbonyl (C=O) groups excluding carboxylic acids is 1. The van der Waals surface area contributed by atoms with Crippen LogP contribution in [-0.4, -0.2) is 37.3 Å². The van der Waals surface area contributed by atoms with E-state index in [9.17, 15) is 9.90 Å². The molecule has 4 aromatic rings. The Morgan fingerprint density at radius 1 is 1.24 bits per heavy atom. The van der Waals surface area contributed by atoms with Gasteiger partial charge in [0.15, 0.2) is 5.65 Å². The zero-order valence-corrected chi connectivity index (χ0v) is 17.9. The molecule has 33 heavy (non-hydrogen) atoms. The Balaban J connectivity index is 1.75. The van der Waals surface area contributed by atoms with E-state index in [2.05, 4.69) is 21.6 Å². The number of nitrogen functional groups attached to an aromatic ring is 1. The highest BCUT2D eigenvalue weighted by Crippen LogP contribution is 2.32. The molecule has 2 aromatic carbocycles. The monoisotopic (exact) mass is 439 g/mol. The lowest BCUT2D eigenvalue weighted by Gasteiger charge is -2.22. The number of carbonyl (C=O) groups is 1. The summed E-state index contributed by atoms with van der Waals surface area (Å²) in [6, 6.07) is 16.1. The van der Waals surface area contributed by atoms with E-state index in [1.54, 1.807) is 35.9 Å². The van der Waals surface area contributed by atoms with Gasteiger partial charge in [-0.15, -0.1) is 0 Å². The minimum Gasteiger partial charge on any atom is -0.508 e. The summed E-state index contributed by atoms with van der Waals surface area (Å²) in [5.41, 5.74) is 9.05. The van der Waals surface area contributed by atoms with Gasteiger partial charge in [-0.2, -0.15) is 10.4 Å². The van der Waals surface area contributed by atoms with Crippen molar-refractivity contribution >= 4 is 28.4 Å². The molecule has 0 spiro atoms. The van der Waals surface area contributed by atoms with Crippen LogP contribution in [0.2, 0.25) is 0 Å². The molecule has 0 aliphatic carbocycles. The number of anilines is 2. The van der Waals surface area contributed by atoms with Crippen molar-refractivity contribution in [2.75, 3.05) is 17.2 Å². The number of nitrogens with two attached hydrogens (primary N) is 1. The highest BCUT2D eigenvalue weighted by atomic mass is 16.3. The standard InChI is InChI=1S/C24H21N7O2/c1-15-8-9-17(12-19(15)32)21-20-22(26)27-14-28-23(20)31(29-21)11-10-30(24(33)16(2)13-25)18-6-4-3-5-7-18/h3-9,12,14,32H,2,10-11H2,1H3,(H2,26,27,28). The van der Waals surface area contributed by atoms with Crippen LogP contribution < -0.4 is 10.6 Å². The van der Waals surface area contributed by atoms with Gasteiger partial charge in [0.25, 0.3) is 5.91 Å². The second-order valence-corrected chi connectivity index (χ2v) is 7.41. The molecule has 164 valence electrons. The van der Waals surface area contributed by atoms with Crippen LogP contribution in [0.25, 0.3) is 22.3 Å². The van der Waals surface area contributed by atoms with Crippen LogP contribution in [0.4, 0.5) is 11.5 Å². The van der Waals surface area contributed by atoms with Crippen molar-refractivity contribution < 1.29 is 9.90 Å². The zero-order valence-electron chi connectivity index (χ0n) is 17.9. The fourth-order valence-electron chi connectivity index (χ4n) is 3.51. The fourth-order valence-corrected chi connectivity index (χ4v) is 3.51. The molecule has 0 bridgehead atoms. The van der Waals surface area contributed by atoms with Crippen LogP contribution >= 0.6 is 0 Å². The van der Waals surface area contributed by atoms with Crippen LogP contribution in [0.3, 0.4) is 0 Å². The highest BCUT2D eigenvalue weighted by molar-refractivity contribution is 6.07. The topological polar surface area (TPSA) is 134 Å². The van der Waals surface area contributed by atoms with Crippen molar-refractivity contribution in [2.45, 2.75) is 13.5 Å². The molecule has 0 aliphatic rings. The Bertz CT molecular complexity index is 1400. The smallest absolute Gasteiger partial charge is 0.268 e. The van der Waals surface area contributed by atoms with E-state index >= 15 is 0 Å². The number of nitrogens with zero attached hydrogens (tertiary/aromatic N) is 6. The van der Waals surface area contributed by atoms with Crippen molar-refractivity contribution in [3.8, 4) is 23.1 Å². The molecule has 2 aromatic heterocycles. The molecule has 0 aliphatic heterocycles. The predicted molar refractivity (Wildman–Crippen MR) is 125 cm³/mol. The molecule has 4 rings (SSSR count). The lowest BCUT2D eigenvalue weighted by Crippen LogP contribution is -2.34. The van der Waals surface area contributed by atoms with E-state index in [0.29, 0.717) is 28.0 Å². The van der Waals surface area contributed by atoms with Crippen LogP contribution in [0, 0.1) is 18.3 Å². The molecule has 9 nitrogen and oxygen atoms in total. The number of phenols is 1. The van der Waals surface area contributed by atoms with Crippen molar-refractivity contribution in [2.24, 2.45) is 0 Å². The van der Waals surface area contributed by atoms with Crippen molar-refractivity contribution in [3.05, 3.63) is 72.6 Å². The molecule has 0 saturated carbocycles. The molecule has 9 heteroatoms. The third-order valence-corrected chi connectivity index (χ3v) is 5.28. The molecule has 0 unspecified atom stereocenters. The van der Waals surface area contributed by atoms with E-state index in [1.807, 2.05) is 30.3 Å². The number of phenolic OH excluding ortho intramolecular Hbond substituents is 1. The van der Waals surface area contributed by atoms with Gasteiger partial charge in [0.05, 0.1) is 11.9 Å². The molecular weight excluding hydrogens is 418 g/mol. The number of amides is 1. The third kappa shape index (κ3) is 4.09. The first-order valence-electron chi connectivity index (χ1n) is 10.1. The number of fused-ring (bicyclic) bond motifs is 1. The van der Waals surface area contributed by atoms with Crippen LogP contribution in [-0.2, 0) is 11.3 Å². The second-order valence-electron chi connectivity index (χ2n) is 7.41. The maximum absolute atomic E-state index is 12.8. The Hall–Kier alpha value is -4.71. The maximum atomic E-state index is 12.8. The molecule has 0 atom stereocenters. The maximum Gasteiger partial charge on any atom is 0.268 e. The normalized spacial score (nSPS) is 10.7. The first-order chi connectivity index (χ1) is 15.9. The highest BCUT2D eigenvalue weighted by Gasteiger charge is 2.21. The number of hydrogen-bond acceptors (Lipinski definition) is 7. The van der Waals surface area contributed by atoms with Crippen LogP contribution in [0.1, 0.15) is 5.56 Å².